The van der Waals surface area contributed by atoms with E-state index in [0.29, 0.717) is 6.42 Å². The molecule has 0 spiro atoms. The molecular weight excluding hydrogens is 270 g/mol. The Labute approximate surface area is 132 Å². The molecule has 0 aliphatic carbocycles. The Morgan fingerprint density at radius 2 is 1.50 bits per heavy atom. The number of nitrogens with zero attached hydrogens (tertiary/aromatic N) is 3. The summed E-state index contributed by atoms with van der Waals surface area (Å²) < 4.78 is 0. The van der Waals surface area contributed by atoms with E-state index in [9.17, 15) is 0 Å². The second kappa shape index (κ2) is 7.11. The van der Waals surface area contributed by atoms with E-state index in [1.165, 1.54) is 11.3 Å². The molecule has 0 bridgehead atoms. The van der Waals surface area contributed by atoms with Crippen molar-refractivity contribution in [2.75, 3.05) is 31.1 Å². The fourth-order valence-electron chi connectivity index (χ4n) is 2.92. The molecule has 1 aliphatic heterocycles. The predicted molar refractivity (Wildman–Crippen MR) is 89.7 cm³/mol. The van der Waals surface area contributed by atoms with Crippen LogP contribution in [0.2, 0.25) is 0 Å². The van der Waals surface area contributed by atoms with Crippen molar-refractivity contribution in [2.45, 2.75) is 13.0 Å². The fraction of sp³-hybridized carbons (Fsp3) is 0.316. The van der Waals surface area contributed by atoms with Gasteiger partial charge in [-0.3, -0.25) is 4.90 Å². The van der Waals surface area contributed by atoms with Gasteiger partial charge in [-0.1, -0.05) is 42.5 Å². The minimum Gasteiger partial charge on any atom is -0.369 e. The Morgan fingerprint density at radius 3 is 2.14 bits per heavy atom. The highest BCUT2D eigenvalue weighted by molar-refractivity contribution is 5.48. The number of rotatable bonds is 4. The number of hydrogen-bond donors (Lipinski definition) is 0. The number of piperazine rings is 1. The third-order valence-corrected chi connectivity index (χ3v) is 4.21. The molecule has 0 amide bonds. The summed E-state index contributed by atoms with van der Waals surface area (Å²) in [6.45, 7) is 5.34. The molecule has 22 heavy (non-hydrogen) atoms. The molecule has 112 valence electrons. The third-order valence-electron chi connectivity index (χ3n) is 4.21. The minimum absolute atomic E-state index is 0.491. The first-order valence-electron chi connectivity index (χ1n) is 7.82. The molecule has 0 aromatic heterocycles. The summed E-state index contributed by atoms with van der Waals surface area (Å²) >= 11 is 0. The number of anilines is 1. The third kappa shape index (κ3) is 3.66. The molecule has 0 radical (unpaired) electrons. The lowest BCUT2D eigenvalue weighted by Crippen LogP contribution is -2.45. The summed E-state index contributed by atoms with van der Waals surface area (Å²) in [5, 5.41) is 8.72. The van der Waals surface area contributed by atoms with E-state index in [1.807, 2.05) is 0 Å². The molecule has 3 heteroatoms. The van der Waals surface area contributed by atoms with Gasteiger partial charge < -0.3 is 4.90 Å². The molecule has 0 N–H and O–H groups in total. The van der Waals surface area contributed by atoms with E-state index in [4.69, 9.17) is 5.26 Å². The van der Waals surface area contributed by atoms with Gasteiger partial charge in [0.15, 0.2) is 0 Å². The minimum atomic E-state index is 0.491. The van der Waals surface area contributed by atoms with Crippen LogP contribution in [-0.4, -0.2) is 31.1 Å². The van der Waals surface area contributed by atoms with Gasteiger partial charge in [0.2, 0.25) is 0 Å². The second-order valence-electron chi connectivity index (χ2n) is 5.75. The van der Waals surface area contributed by atoms with Crippen LogP contribution in [0, 0.1) is 11.3 Å². The molecular formula is C19H21N3. The predicted octanol–water partition coefficient (Wildman–Crippen LogP) is 3.07. The molecule has 0 atom stereocenters. The van der Waals surface area contributed by atoms with Crippen LogP contribution in [0.5, 0.6) is 0 Å². The maximum absolute atomic E-state index is 8.72. The first kappa shape index (κ1) is 14.6. The van der Waals surface area contributed by atoms with Crippen LogP contribution in [0.4, 0.5) is 5.69 Å². The van der Waals surface area contributed by atoms with E-state index in [1.54, 1.807) is 0 Å². The number of hydrogen-bond acceptors (Lipinski definition) is 3. The van der Waals surface area contributed by atoms with Gasteiger partial charge in [-0.15, -0.1) is 0 Å². The van der Waals surface area contributed by atoms with Crippen molar-refractivity contribution in [3.63, 3.8) is 0 Å². The molecule has 1 saturated heterocycles. The van der Waals surface area contributed by atoms with Crippen LogP contribution < -0.4 is 4.90 Å². The lowest BCUT2D eigenvalue weighted by atomic mass is 10.1. The molecule has 1 fully saturated rings. The molecule has 0 saturated carbocycles. The molecule has 2 aromatic carbocycles. The van der Waals surface area contributed by atoms with Gasteiger partial charge in [-0.25, -0.2) is 0 Å². The van der Waals surface area contributed by atoms with Gasteiger partial charge in [0.25, 0.3) is 0 Å². The monoisotopic (exact) mass is 291 g/mol. The largest absolute Gasteiger partial charge is 0.369 e. The Kier molecular flexibility index (Phi) is 4.72. The van der Waals surface area contributed by atoms with Gasteiger partial charge in [0.05, 0.1) is 12.5 Å². The molecule has 3 nitrogen and oxygen atoms in total. The van der Waals surface area contributed by atoms with Crippen LogP contribution in [0.1, 0.15) is 11.1 Å². The average Bonchev–Trinajstić information content (AvgIpc) is 2.58. The normalized spacial score (nSPS) is 15.5. The first-order valence-corrected chi connectivity index (χ1v) is 7.82. The van der Waals surface area contributed by atoms with Gasteiger partial charge in [-0.05, 0) is 23.3 Å². The zero-order chi connectivity index (χ0) is 15.2. The number of benzene rings is 2. The van der Waals surface area contributed by atoms with Crippen molar-refractivity contribution in [3.05, 3.63) is 65.7 Å². The van der Waals surface area contributed by atoms with Crippen molar-refractivity contribution in [1.29, 1.82) is 5.26 Å². The maximum atomic E-state index is 8.72. The summed E-state index contributed by atoms with van der Waals surface area (Å²) in [6.07, 6.45) is 0.491. The number of nitriles is 1. The quantitative estimate of drug-likeness (QED) is 0.867. The van der Waals surface area contributed by atoms with Gasteiger partial charge >= 0.3 is 0 Å². The summed E-state index contributed by atoms with van der Waals surface area (Å²) in [7, 11) is 0. The van der Waals surface area contributed by atoms with Crippen molar-refractivity contribution in [2.24, 2.45) is 0 Å². The summed E-state index contributed by atoms with van der Waals surface area (Å²) in [4.78, 5) is 4.94. The van der Waals surface area contributed by atoms with Gasteiger partial charge in [-0.2, -0.15) is 5.26 Å². The SMILES string of the molecule is N#CCc1ccc(N2CCN(Cc3ccccc3)CC2)cc1. The molecule has 2 aromatic rings. The molecule has 3 rings (SSSR count). The summed E-state index contributed by atoms with van der Waals surface area (Å²) in [5.74, 6) is 0. The second-order valence-corrected chi connectivity index (χ2v) is 5.75. The van der Waals surface area contributed by atoms with E-state index in [0.717, 1.165) is 38.3 Å². The smallest absolute Gasteiger partial charge is 0.0669 e. The highest BCUT2D eigenvalue weighted by Crippen LogP contribution is 2.18. The molecule has 1 heterocycles. The topological polar surface area (TPSA) is 30.3 Å². The zero-order valence-corrected chi connectivity index (χ0v) is 12.8. The Hall–Kier alpha value is -2.31. The van der Waals surface area contributed by atoms with Crippen LogP contribution in [-0.2, 0) is 13.0 Å². The van der Waals surface area contributed by atoms with Crippen LogP contribution in [0.3, 0.4) is 0 Å². The van der Waals surface area contributed by atoms with Crippen molar-refractivity contribution < 1.29 is 0 Å². The standard InChI is InChI=1S/C19H21N3/c20-11-10-17-6-8-19(9-7-17)22-14-12-21(13-15-22)16-18-4-2-1-3-5-18/h1-9H,10,12-16H2. The Balaban J connectivity index is 1.54. The Bertz CT molecular complexity index is 620. The highest BCUT2D eigenvalue weighted by Gasteiger charge is 2.17. The maximum Gasteiger partial charge on any atom is 0.0669 e. The van der Waals surface area contributed by atoms with E-state index < -0.39 is 0 Å². The van der Waals surface area contributed by atoms with Crippen LogP contribution in [0.15, 0.2) is 54.6 Å². The first-order chi connectivity index (χ1) is 10.8. The van der Waals surface area contributed by atoms with Crippen molar-refractivity contribution in [3.8, 4) is 6.07 Å². The Morgan fingerprint density at radius 1 is 0.818 bits per heavy atom. The lowest BCUT2D eigenvalue weighted by molar-refractivity contribution is 0.250. The average molecular weight is 291 g/mol. The van der Waals surface area contributed by atoms with Crippen LogP contribution in [0.25, 0.3) is 0 Å². The fourth-order valence-corrected chi connectivity index (χ4v) is 2.92. The van der Waals surface area contributed by atoms with Crippen LogP contribution >= 0.6 is 0 Å². The van der Waals surface area contributed by atoms with E-state index in [-0.39, 0.29) is 0 Å². The van der Waals surface area contributed by atoms with Crippen molar-refractivity contribution >= 4 is 5.69 Å². The van der Waals surface area contributed by atoms with Gasteiger partial charge in [0.1, 0.15) is 0 Å². The van der Waals surface area contributed by atoms with Gasteiger partial charge in [0, 0.05) is 38.4 Å². The summed E-state index contributed by atoms with van der Waals surface area (Å²) in [6, 6.07) is 21.3. The van der Waals surface area contributed by atoms with E-state index in [2.05, 4.69) is 70.5 Å². The lowest BCUT2D eigenvalue weighted by Gasteiger charge is -2.36. The summed E-state index contributed by atoms with van der Waals surface area (Å²) in [5.41, 5.74) is 3.74. The van der Waals surface area contributed by atoms with E-state index >= 15 is 0 Å². The van der Waals surface area contributed by atoms with Crippen molar-refractivity contribution in [1.82, 2.24) is 4.90 Å². The molecule has 0 unspecified atom stereocenters. The highest BCUT2D eigenvalue weighted by atomic mass is 15.3. The zero-order valence-electron chi connectivity index (χ0n) is 12.8. The molecule has 1 aliphatic rings.